The Morgan fingerprint density at radius 2 is 2.31 bits per heavy atom. The summed E-state index contributed by atoms with van der Waals surface area (Å²) < 4.78 is 6.41. The van der Waals surface area contributed by atoms with E-state index in [9.17, 15) is 0 Å². The summed E-state index contributed by atoms with van der Waals surface area (Å²) in [6, 6.07) is 4.14. The lowest BCUT2D eigenvalue weighted by Crippen LogP contribution is -2.43. The van der Waals surface area contributed by atoms with Gasteiger partial charge in [0.15, 0.2) is 4.67 Å². The Morgan fingerprint density at radius 1 is 1.56 bits per heavy atom. The molecule has 0 saturated carbocycles. The lowest BCUT2D eigenvalue weighted by Gasteiger charge is -2.36. The van der Waals surface area contributed by atoms with Crippen LogP contribution >= 0.6 is 15.9 Å². The Hall–Kier alpha value is -0.320. The molecule has 1 aliphatic rings. The van der Waals surface area contributed by atoms with E-state index in [-0.39, 0.29) is 11.6 Å². The fraction of sp³-hybridized carbons (Fsp3) is 0.667. The van der Waals surface area contributed by atoms with Gasteiger partial charge in [-0.15, -0.1) is 0 Å². The molecular formula is C12H19BrN2O. The molecule has 0 spiro atoms. The van der Waals surface area contributed by atoms with Crippen molar-refractivity contribution in [1.29, 1.82) is 0 Å². The Balaban J connectivity index is 2.23. The fourth-order valence-electron chi connectivity index (χ4n) is 2.61. The molecule has 1 fully saturated rings. The van der Waals surface area contributed by atoms with Gasteiger partial charge in [0.1, 0.15) is 5.76 Å². The molecule has 90 valence electrons. The molecule has 4 heteroatoms. The van der Waals surface area contributed by atoms with E-state index < -0.39 is 0 Å². The van der Waals surface area contributed by atoms with Gasteiger partial charge in [0.2, 0.25) is 0 Å². The number of halogens is 1. The summed E-state index contributed by atoms with van der Waals surface area (Å²) in [5, 5.41) is 0. The van der Waals surface area contributed by atoms with Gasteiger partial charge in [0.05, 0.1) is 6.04 Å². The van der Waals surface area contributed by atoms with E-state index in [4.69, 9.17) is 10.2 Å². The highest BCUT2D eigenvalue weighted by Gasteiger charge is 2.37. The monoisotopic (exact) mass is 286 g/mol. The number of furan rings is 1. The summed E-state index contributed by atoms with van der Waals surface area (Å²) >= 11 is 3.34. The van der Waals surface area contributed by atoms with E-state index in [1.807, 2.05) is 12.1 Å². The first-order valence-electron chi connectivity index (χ1n) is 5.76. The topological polar surface area (TPSA) is 42.4 Å². The van der Waals surface area contributed by atoms with Crippen LogP contribution in [0, 0.1) is 0 Å². The van der Waals surface area contributed by atoms with E-state index in [0.29, 0.717) is 6.54 Å². The molecule has 0 aliphatic carbocycles. The number of nitrogens with zero attached hydrogens (tertiary/aromatic N) is 1. The zero-order valence-electron chi connectivity index (χ0n) is 9.87. The van der Waals surface area contributed by atoms with Gasteiger partial charge >= 0.3 is 0 Å². The van der Waals surface area contributed by atoms with Crippen molar-refractivity contribution in [3.63, 3.8) is 0 Å². The Kier molecular flexibility index (Phi) is 3.42. The fourth-order valence-corrected chi connectivity index (χ4v) is 2.93. The maximum absolute atomic E-state index is 5.90. The summed E-state index contributed by atoms with van der Waals surface area (Å²) in [5.74, 6) is 0.962. The van der Waals surface area contributed by atoms with Crippen LogP contribution < -0.4 is 5.73 Å². The van der Waals surface area contributed by atoms with Crippen molar-refractivity contribution in [2.45, 2.75) is 38.3 Å². The van der Waals surface area contributed by atoms with Crippen molar-refractivity contribution in [1.82, 2.24) is 4.90 Å². The molecule has 0 aromatic carbocycles. The predicted molar refractivity (Wildman–Crippen MR) is 68.2 cm³/mol. The van der Waals surface area contributed by atoms with Gasteiger partial charge in [0.25, 0.3) is 0 Å². The average molecular weight is 287 g/mol. The van der Waals surface area contributed by atoms with Gasteiger partial charge in [-0.2, -0.15) is 0 Å². The minimum absolute atomic E-state index is 0.198. The van der Waals surface area contributed by atoms with Gasteiger partial charge < -0.3 is 10.2 Å². The van der Waals surface area contributed by atoms with E-state index >= 15 is 0 Å². The molecule has 2 rings (SSSR count). The van der Waals surface area contributed by atoms with Gasteiger partial charge in [-0.05, 0) is 61.3 Å². The largest absolute Gasteiger partial charge is 0.453 e. The SMILES string of the molecule is CC1(C)CCCN1C(CN)c1ccc(Br)o1. The molecule has 0 radical (unpaired) electrons. The standard InChI is InChI=1S/C12H19BrN2O/c1-12(2)6-3-7-15(12)9(8-14)10-4-5-11(13)16-10/h4-5,9H,3,6-8,14H2,1-2H3. The maximum Gasteiger partial charge on any atom is 0.169 e. The minimum atomic E-state index is 0.198. The smallest absolute Gasteiger partial charge is 0.169 e. The van der Waals surface area contributed by atoms with E-state index in [0.717, 1.165) is 17.0 Å². The van der Waals surface area contributed by atoms with Crippen LogP contribution in [-0.2, 0) is 0 Å². The molecule has 3 nitrogen and oxygen atoms in total. The highest BCUT2D eigenvalue weighted by molar-refractivity contribution is 9.10. The first-order chi connectivity index (χ1) is 7.54. The molecule has 1 atom stereocenters. The minimum Gasteiger partial charge on any atom is -0.453 e. The lowest BCUT2D eigenvalue weighted by molar-refractivity contribution is 0.104. The maximum atomic E-state index is 5.90. The molecule has 1 aliphatic heterocycles. The van der Waals surface area contributed by atoms with Gasteiger partial charge in [-0.1, -0.05) is 0 Å². The van der Waals surface area contributed by atoms with Crippen LogP contribution in [0.15, 0.2) is 21.2 Å². The molecular weight excluding hydrogens is 268 g/mol. The number of nitrogens with two attached hydrogens (primary N) is 1. The van der Waals surface area contributed by atoms with Gasteiger partial charge in [0, 0.05) is 12.1 Å². The van der Waals surface area contributed by atoms with Crippen LogP contribution in [0.25, 0.3) is 0 Å². The van der Waals surface area contributed by atoms with Crippen LogP contribution in [0.5, 0.6) is 0 Å². The highest BCUT2D eigenvalue weighted by Crippen LogP contribution is 2.36. The summed E-state index contributed by atoms with van der Waals surface area (Å²) in [4.78, 5) is 2.46. The van der Waals surface area contributed by atoms with Crippen LogP contribution in [0.3, 0.4) is 0 Å². The molecule has 1 aromatic rings. The Morgan fingerprint density at radius 3 is 2.75 bits per heavy atom. The second kappa shape index (κ2) is 4.51. The second-order valence-corrected chi connectivity index (χ2v) is 5.78. The molecule has 0 bridgehead atoms. The van der Waals surface area contributed by atoms with Crippen LogP contribution in [-0.4, -0.2) is 23.5 Å². The zero-order chi connectivity index (χ0) is 11.8. The van der Waals surface area contributed by atoms with E-state index in [2.05, 4.69) is 34.7 Å². The average Bonchev–Trinajstić information content (AvgIpc) is 2.76. The molecule has 1 aromatic heterocycles. The van der Waals surface area contributed by atoms with Crippen molar-refractivity contribution in [3.05, 3.63) is 22.6 Å². The molecule has 0 amide bonds. The summed E-state index contributed by atoms with van der Waals surface area (Å²) in [6.07, 6.45) is 2.47. The zero-order valence-corrected chi connectivity index (χ0v) is 11.5. The van der Waals surface area contributed by atoms with Crippen molar-refractivity contribution in [2.75, 3.05) is 13.1 Å². The van der Waals surface area contributed by atoms with E-state index in [1.54, 1.807) is 0 Å². The molecule has 2 N–H and O–H groups in total. The van der Waals surface area contributed by atoms with Crippen LogP contribution in [0.4, 0.5) is 0 Å². The third kappa shape index (κ3) is 2.19. The molecule has 1 unspecified atom stereocenters. The van der Waals surface area contributed by atoms with Crippen molar-refractivity contribution in [3.8, 4) is 0 Å². The summed E-state index contributed by atoms with van der Waals surface area (Å²) in [5.41, 5.74) is 6.12. The quantitative estimate of drug-likeness (QED) is 0.929. The normalized spacial score (nSPS) is 22.5. The van der Waals surface area contributed by atoms with Gasteiger partial charge in [-0.3, -0.25) is 4.90 Å². The molecule has 16 heavy (non-hydrogen) atoms. The van der Waals surface area contributed by atoms with Crippen LogP contribution in [0.1, 0.15) is 38.5 Å². The molecule has 2 heterocycles. The number of rotatable bonds is 3. The number of likely N-dealkylation sites (tertiary alicyclic amines) is 1. The number of hydrogen-bond donors (Lipinski definition) is 1. The second-order valence-electron chi connectivity index (χ2n) is 5.00. The number of hydrogen-bond acceptors (Lipinski definition) is 3. The van der Waals surface area contributed by atoms with Crippen molar-refractivity contribution < 1.29 is 4.42 Å². The Labute approximate surface area is 105 Å². The predicted octanol–water partition coefficient (Wildman–Crippen LogP) is 2.92. The first kappa shape index (κ1) is 12.1. The van der Waals surface area contributed by atoms with Gasteiger partial charge in [-0.25, -0.2) is 0 Å². The highest BCUT2D eigenvalue weighted by atomic mass is 79.9. The summed E-state index contributed by atoms with van der Waals surface area (Å²) in [6.45, 7) is 6.26. The van der Waals surface area contributed by atoms with Crippen LogP contribution in [0.2, 0.25) is 0 Å². The summed E-state index contributed by atoms with van der Waals surface area (Å²) in [7, 11) is 0. The van der Waals surface area contributed by atoms with Crippen molar-refractivity contribution >= 4 is 15.9 Å². The Bertz CT molecular complexity index is 362. The first-order valence-corrected chi connectivity index (χ1v) is 6.56. The van der Waals surface area contributed by atoms with Crippen molar-refractivity contribution in [2.24, 2.45) is 5.73 Å². The van der Waals surface area contributed by atoms with E-state index in [1.165, 1.54) is 12.8 Å². The third-order valence-electron chi connectivity index (χ3n) is 3.49. The third-order valence-corrected chi connectivity index (χ3v) is 3.91. The lowest BCUT2D eigenvalue weighted by atomic mass is 10.00. The molecule has 1 saturated heterocycles.